The Morgan fingerprint density at radius 2 is 2.18 bits per heavy atom. The minimum atomic E-state index is -0.511. The Morgan fingerprint density at radius 3 is 2.55 bits per heavy atom. The third kappa shape index (κ3) is 3.57. The van der Waals surface area contributed by atoms with E-state index >= 15 is 0 Å². The van der Waals surface area contributed by atoms with Crippen molar-refractivity contribution >= 4 is 0 Å². The lowest BCUT2D eigenvalue weighted by molar-refractivity contribution is -0.00223. The Hall–Kier alpha value is -0.300. The Balaban J connectivity index is 3.86. The van der Waals surface area contributed by atoms with Crippen LogP contribution in [0.2, 0.25) is 0 Å². The Bertz CT molecular complexity index is 116. The Labute approximate surface area is 70.1 Å². The molecule has 0 bridgehead atoms. The Morgan fingerprint density at radius 1 is 1.64 bits per heavy atom. The van der Waals surface area contributed by atoms with Crippen LogP contribution in [0.25, 0.3) is 0 Å². The van der Waals surface area contributed by atoms with Crippen LogP contribution in [-0.4, -0.2) is 10.7 Å². The summed E-state index contributed by atoms with van der Waals surface area (Å²) in [5.74, 6) is 0.377. The number of rotatable bonds is 5. The first kappa shape index (κ1) is 10.7. The van der Waals surface area contributed by atoms with Crippen LogP contribution in [0.1, 0.15) is 40.0 Å². The first-order valence-corrected chi connectivity index (χ1v) is 4.38. The Kier molecular flexibility index (Phi) is 4.43. The maximum atomic E-state index is 9.87. The van der Waals surface area contributed by atoms with E-state index < -0.39 is 5.60 Å². The van der Waals surface area contributed by atoms with Crippen molar-refractivity contribution in [3.05, 3.63) is 12.7 Å². The minimum Gasteiger partial charge on any atom is -0.390 e. The first-order chi connectivity index (χ1) is 5.04. The van der Waals surface area contributed by atoms with E-state index in [0.717, 1.165) is 19.3 Å². The zero-order valence-electron chi connectivity index (χ0n) is 7.93. The van der Waals surface area contributed by atoms with Crippen LogP contribution < -0.4 is 0 Å². The van der Waals surface area contributed by atoms with Gasteiger partial charge in [0.05, 0.1) is 5.60 Å². The molecule has 2 unspecified atom stereocenters. The van der Waals surface area contributed by atoms with Gasteiger partial charge in [-0.2, -0.15) is 0 Å². The van der Waals surface area contributed by atoms with Gasteiger partial charge in [-0.1, -0.05) is 26.3 Å². The van der Waals surface area contributed by atoms with Crippen LogP contribution in [0.5, 0.6) is 0 Å². The molecule has 0 aliphatic carbocycles. The molecule has 1 nitrogen and oxygen atoms in total. The van der Waals surface area contributed by atoms with Gasteiger partial charge in [0, 0.05) is 0 Å². The standard InChI is InChI=1S/C10H20O/c1-5-7-8-10(4,11)9(3)6-2/h5,9,11H,1,6-8H2,2-4H3. The molecule has 0 fully saturated rings. The van der Waals surface area contributed by atoms with Gasteiger partial charge in [-0.3, -0.25) is 0 Å². The van der Waals surface area contributed by atoms with E-state index in [1.54, 1.807) is 0 Å². The van der Waals surface area contributed by atoms with Crippen molar-refractivity contribution in [1.29, 1.82) is 0 Å². The SMILES string of the molecule is C=CCCC(C)(O)C(C)CC. The van der Waals surface area contributed by atoms with Gasteiger partial charge in [0.1, 0.15) is 0 Å². The number of aliphatic hydroxyl groups is 1. The quantitative estimate of drug-likeness (QED) is 0.607. The predicted octanol–water partition coefficient (Wildman–Crippen LogP) is 2.75. The number of allylic oxidation sites excluding steroid dienone is 1. The van der Waals surface area contributed by atoms with Crippen LogP contribution in [0.3, 0.4) is 0 Å². The van der Waals surface area contributed by atoms with E-state index in [9.17, 15) is 5.11 Å². The molecular weight excluding hydrogens is 136 g/mol. The van der Waals surface area contributed by atoms with E-state index in [2.05, 4.69) is 20.4 Å². The molecule has 11 heavy (non-hydrogen) atoms. The lowest BCUT2D eigenvalue weighted by atomic mass is 9.85. The average Bonchev–Trinajstić information content (AvgIpc) is 1.99. The van der Waals surface area contributed by atoms with Gasteiger partial charge in [0.15, 0.2) is 0 Å². The maximum Gasteiger partial charge on any atom is 0.0648 e. The fourth-order valence-corrected chi connectivity index (χ4v) is 1.08. The summed E-state index contributed by atoms with van der Waals surface area (Å²) in [7, 11) is 0. The second-order valence-corrected chi connectivity index (χ2v) is 3.49. The molecule has 0 saturated carbocycles. The van der Waals surface area contributed by atoms with E-state index in [1.165, 1.54) is 0 Å². The molecular formula is C10H20O. The summed E-state index contributed by atoms with van der Waals surface area (Å²) in [5.41, 5.74) is -0.511. The molecule has 0 rings (SSSR count). The molecule has 1 heteroatoms. The van der Waals surface area contributed by atoms with Gasteiger partial charge in [-0.15, -0.1) is 6.58 Å². The largest absolute Gasteiger partial charge is 0.390 e. The molecule has 0 amide bonds. The highest BCUT2D eigenvalue weighted by molar-refractivity contribution is 4.81. The van der Waals surface area contributed by atoms with Gasteiger partial charge in [-0.05, 0) is 25.7 Å². The highest BCUT2D eigenvalue weighted by Crippen LogP contribution is 2.24. The van der Waals surface area contributed by atoms with Crippen molar-refractivity contribution in [2.45, 2.75) is 45.6 Å². The summed E-state index contributed by atoms with van der Waals surface area (Å²) in [6, 6.07) is 0. The van der Waals surface area contributed by atoms with Crippen LogP contribution in [0, 0.1) is 5.92 Å². The summed E-state index contributed by atoms with van der Waals surface area (Å²) >= 11 is 0. The van der Waals surface area contributed by atoms with Crippen molar-refractivity contribution in [2.24, 2.45) is 5.92 Å². The smallest absolute Gasteiger partial charge is 0.0648 e. The van der Waals surface area contributed by atoms with Crippen molar-refractivity contribution in [3.63, 3.8) is 0 Å². The topological polar surface area (TPSA) is 20.2 Å². The van der Waals surface area contributed by atoms with Crippen molar-refractivity contribution in [2.75, 3.05) is 0 Å². The monoisotopic (exact) mass is 156 g/mol. The number of hydrogen-bond donors (Lipinski definition) is 1. The van der Waals surface area contributed by atoms with E-state index in [4.69, 9.17) is 0 Å². The van der Waals surface area contributed by atoms with Crippen LogP contribution in [0.4, 0.5) is 0 Å². The molecule has 2 atom stereocenters. The summed E-state index contributed by atoms with van der Waals surface area (Å²) in [6.45, 7) is 9.74. The lowest BCUT2D eigenvalue weighted by Gasteiger charge is -2.29. The summed E-state index contributed by atoms with van der Waals surface area (Å²) in [5, 5.41) is 9.87. The van der Waals surface area contributed by atoms with Crippen LogP contribution in [-0.2, 0) is 0 Å². The molecule has 0 aromatic rings. The van der Waals surface area contributed by atoms with Gasteiger partial charge in [0.25, 0.3) is 0 Å². The second-order valence-electron chi connectivity index (χ2n) is 3.49. The van der Waals surface area contributed by atoms with Gasteiger partial charge in [-0.25, -0.2) is 0 Å². The molecule has 1 N–H and O–H groups in total. The summed E-state index contributed by atoms with van der Waals surface area (Å²) in [6.07, 6.45) is 4.61. The number of hydrogen-bond acceptors (Lipinski definition) is 1. The van der Waals surface area contributed by atoms with Gasteiger partial charge < -0.3 is 5.11 Å². The minimum absolute atomic E-state index is 0.377. The molecule has 0 radical (unpaired) electrons. The van der Waals surface area contributed by atoms with E-state index in [-0.39, 0.29) is 0 Å². The molecule has 0 saturated heterocycles. The zero-order chi connectivity index (χ0) is 8.91. The summed E-state index contributed by atoms with van der Waals surface area (Å²) < 4.78 is 0. The van der Waals surface area contributed by atoms with E-state index in [1.807, 2.05) is 13.0 Å². The average molecular weight is 156 g/mol. The molecule has 0 heterocycles. The van der Waals surface area contributed by atoms with Crippen molar-refractivity contribution < 1.29 is 5.11 Å². The second kappa shape index (κ2) is 4.55. The van der Waals surface area contributed by atoms with E-state index in [0.29, 0.717) is 5.92 Å². The molecule has 66 valence electrons. The zero-order valence-corrected chi connectivity index (χ0v) is 7.93. The summed E-state index contributed by atoms with van der Waals surface area (Å²) in [4.78, 5) is 0. The highest BCUT2D eigenvalue weighted by atomic mass is 16.3. The molecule has 0 aromatic heterocycles. The molecule has 0 spiro atoms. The third-order valence-electron chi connectivity index (χ3n) is 2.53. The predicted molar refractivity (Wildman–Crippen MR) is 49.5 cm³/mol. The van der Waals surface area contributed by atoms with Crippen LogP contribution >= 0.6 is 0 Å². The van der Waals surface area contributed by atoms with Gasteiger partial charge in [0.2, 0.25) is 0 Å². The molecule has 0 aliphatic heterocycles. The lowest BCUT2D eigenvalue weighted by Crippen LogP contribution is -2.32. The van der Waals surface area contributed by atoms with Gasteiger partial charge >= 0.3 is 0 Å². The fourth-order valence-electron chi connectivity index (χ4n) is 1.08. The normalized spacial score (nSPS) is 18.9. The first-order valence-electron chi connectivity index (χ1n) is 4.38. The van der Waals surface area contributed by atoms with Crippen molar-refractivity contribution in [1.82, 2.24) is 0 Å². The maximum absolute atomic E-state index is 9.87. The van der Waals surface area contributed by atoms with Crippen molar-refractivity contribution in [3.8, 4) is 0 Å². The third-order valence-corrected chi connectivity index (χ3v) is 2.53. The highest BCUT2D eigenvalue weighted by Gasteiger charge is 2.25. The van der Waals surface area contributed by atoms with Crippen LogP contribution in [0.15, 0.2) is 12.7 Å². The fraction of sp³-hybridized carbons (Fsp3) is 0.800. The molecule has 0 aromatic carbocycles. The molecule has 0 aliphatic rings.